The van der Waals surface area contributed by atoms with Crippen molar-refractivity contribution in [2.24, 2.45) is 0 Å². The number of hydrogen-bond donors (Lipinski definition) is 1. The van der Waals surface area contributed by atoms with Gasteiger partial charge in [0.25, 0.3) is 0 Å². The molecule has 4 nitrogen and oxygen atoms in total. The standard InChI is InChI=1S/C14H29N3O/c1-4-16(5-2)14(18)8-7-11-17(6-3)13-9-10-15-12-13/h13,15H,4-12H2,1-3H3. The second-order valence-corrected chi connectivity index (χ2v) is 4.94. The number of carbonyl (C=O) groups is 1. The maximum absolute atomic E-state index is 11.9. The van der Waals surface area contributed by atoms with E-state index in [2.05, 4.69) is 17.1 Å². The fourth-order valence-corrected chi connectivity index (χ4v) is 2.72. The molecule has 1 heterocycles. The summed E-state index contributed by atoms with van der Waals surface area (Å²) in [5, 5.41) is 3.41. The van der Waals surface area contributed by atoms with Crippen LogP contribution in [0.4, 0.5) is 0 Å². The van der Waals surface area contributed by atoms with Crippen molar-refractivity contribution in [3.8, 4) is 0 Å². The van der Waals surface area contributed by atoms with Crippen molar-refractivity contribution in [2.75, 3.05) is 39.3 Å². The largest absolute Gasteiger partial charge is 0.343 e. The molecule has 106 valence electrons. The first-order valence-corrected chi connectivity index (χ1v) is 7.45. The molecule has 0 aliphatic carbocycles. The Morgan fingerprint density at radius 3 is 2.44 bits per heavy atom. The molecule has 1 saturated heterocycles. The van der Waals surface area contributed by atoms with Crippen molar-refractivity contribution < 1.29 is 4.79 Å². The third kappa shape index (κ3) is 4.58. The summed E-state index contributed by atoms with van der Waals surface area (Å²) in [4.78, 5) is 16.3. The minimum atomic E-state index is 0.306. The fourth-order valence-electron chi connectivity index (χ4n) is 2.72. The minimum absolute atomic E-state index is 0.306. The molecular formula is C14H29N3O. The average molecular weight is 255 g/mol. The molecule has 1 unspecified atom stereocenters. The topological polar surface area (TPSA) is 35.6 Å². The lowest BCUT2D eigenvalue weighted by Gasteiger charge is -2.27. The third-order valence-electron chi connectivity index (χ3n) is 3.91. The molecule has 0 aromatic carbocycles. The quantitative estimate of drug-likeness (QED) is 0.710. The molecule has 1 atom stereocenters. The first-order chi connectivity index (χ1) is 8.72. The van der Waals surface area contributed by atoms with Crippen LogP contribution in [0.5, 0.6) is 0 Å². The normalized spacial score (nSPS) is 19.4. The van der Waals surface area contributed by atoms with Gasteiger partial charge in [-0.2, -0.15) is 0 Å². The van der Waals surface area contributed by atoms with Gasteiger partial charge in [0.2, 0.25) is 5.91 Å². The Bertz CT molecular complexity index is 235. The van der Waals surface area contributed by atoms with Crippen LogP contribution in [0.15, 0.2) is 0 Å². The van der Waals surface area contributed by atoms with Gasteiger partial charge in [-0.15, -0.1) is 0 Å². The first kappa shape index (κ1) is 15.4. The summed E-state index contributed by atoms with van der Waals surface area (Å²) in [7, 11) is 0. The van der Waals surface area contributed by atoms with Gasteiger partial charge in [-0.25, -0.2) is 0 Å². The summed E-state index contributed by atoms with van der Waals surface area (Å²) >= 11 is 0. The fraction of sp³-hybridized carbons (Fsp3) is 0.929. The van der Waals surface area contributed by atoms with E-state index in [4.69, 9.17) is 0 Å². The van der Waals surface area contributed by atoms with Crippen molar-refractivity contribution in [1.82, 2.24) is 15.1 Å². The Morgan fingerprint density at radius 1 is 1.22 bits per heavy atom. The maximum Gasteiger partial charge on any atom is 0.222 e. The number of likely N-dealkylation sites (N-methyl/N-ethyl adjacent to an activating group) is 1. The monoisotopic (exact) mass is 255 g/mol. The lowest BCUT2D eigenvalue weighted by Crippen LogP contribution is -2.38. The van der Waals surface area contributed by atoms with Crippen LogP contribution in [0, 0.1) is 0 Å². The molecular weight excluding hydrogens is 226 g/mol. The van der Waals surface area contributed by atoms with Gasteiger partial charge in [-0.05, 0) is 46.3 Å². The average Bonchev–Trinajstić information content (AvgIpc) is 2.90. The molecule has 1 aliphatic heterocycles. The minimum Gasteiger partial charge on any atom is -0.343 e. The Balaban J connectivity index is 2.24. The molecule has 18 heavy (non-hydrogen) atoms. The van der Waals surface area contributed by atoms with E-state index in [1.165, 1.54) is 6.42 Å². The van der Waals surface area contributed by atoms with Crippen LogP contribution in [0.2, 0.25) is 0 Å². The van der Waals surface area contributed by atoms with E-state index in [0.29, 0.717) is 18.4 Å². The second-order valence-electron chi connectivity index (χ2n) is 4.94. The van der Waals surface area contributed by atoms with Crippen molar-refractivity contribution in [1.29, 1.82) is 0 Å². The van der Waals surface area contributed by atoms with E-state index in [-0.39, 0.29) is 0 Å². The Morgan fingerprint density at radius 2 is 1.94 bits per heavy atom. The number of hydrogen-bond acceptors (Lipinski definition) is 3. The summed E-state index contributed by atoms with van der Waals surface area (Å²) in [6.07, 6.45) is 2.93. The zero-order valence-electron chi connectivity index (χ0n) is 12.2. The van der Waals surface area contributed by atoms with Crippen LogP contribution in [0.1, 0.15) is 40.0 Å². The van der Waals surface area contributed by atoms with Crippen molar-refractivity contribution >= 4 is 5.91 Å². The van der Waals surface area contributed by atoms with Crippen LogP contribution in [0.3, 0.4) is 0 Å². The van der Waals surface area contributed by atoms with E-state index in [0.717, 1.165) is 45.7 Å². The number of carbonyl (C=O) groups excluding carboxylic acids is 1. The molecule has 1 N–H and O–H groups in total. The lowest BCUT2D eigenvalue weighted by atomic mass is 10.2. The highest BCUT2D eigenvalue weighted by Crippen LogP contribution is 2.10. The van der Waals surface area contributed by atoms with Gasteiger partial charge in [0.1, 0.15) is 0 Å². The zero-order chi connectivity index (χ0) is 13.4. The SMILES string of the molecule is CCN(CC)C(=O)CCCN(CC)C1CCNC1. The van der Waals surface area contributed by atoms with Gasteiger partial charge in [0, 0.05) is 32.1 Å². The molecule has 1 aliphatic rings. The van der Waals surface area contributed by atoms with Crippen molar-refractivity contribution in [2.45, 2.75) is 46.1 Å². The molecule has 0 aromatic rings. The molecule has 1 fully saturated rings. The highest BCUT2D eigenvalue weighted by Gasteiger charge is 2.20. The van der Waals surface area contributed by atoms with Gasteiger partial charge in [-0.3, -0.25) is 9.69 Å². The van der Waals surface area contributed by atoms with Crippen LogP contribution < -0.4 is 5.32 Å². The van der Waals surface area contributed by atoms with E-state index < -0.39 is 0 Å². The predicted octanol–water partition coefficient (Wildman–Crippen LogP) is 1.32. The zero-order valence-corrected chi connectivity index (χ0v) is 12.2. The lowest BCUT2D eigenvalue weighted by molar-refractivity contribution is -0.131. The van der Waals surface area contributed by atoms with Gasteiger partial charge >= 0.3 is 0 Å². The molecule has 1 rings (SSSR count). The molecule has 0 aromatic heterocycles. The molecule has 0 spiro atoms. The third-order valence-corrected chi connectivity index (χ3v) is 3.91. The molecule has 4 heteroatoms. The summed E-state index contributed by atoms with van der Waals surface area (Å²) in [6, 6.07) is 0.679. The number of rotatable bonds is 8. The van der Waals surface area contributed by atoms with Gasteiger partial charge in [-0.1, -0.05) is 6.92 Å². The summed E-state index contributed by atoms with van der Waals surface area (Å²) in [5.74, 6) is 0.306. The van der Waals surface area contributed by atoms with Crippen LogP contribution in [-0.2, 0) is 4.79 Å². The van der Waals surface area contributed by atoms with Gasteiger partial charge in [0.15, 0.2) is 0 Å². The van der Waals surface area contributed by atoms with Crippen LogP contribution in [0.25, 0.3) is 0 Å². The highest BCUT2D eigenvalue weighted by molar-refractivity contribution is 5.76. The van der Waals surface area contributed by atoms with E-state index in [1.807, 2.05) is 18.7 Å². The van der Waals surface area contributed by atoms with Crippen molar-refractivity contribution in [3.05, 3.63) is 0 Å². The predicted molar refractivity (Wildman–Crippen MR) is 75.7 cm³/mol. The second kappa shape index (κ2) is 8.48. The summed E-state index contributed by atoms with van der Waals surface area (Å²) < 4.78 is 0. The van der Waals surface area contributed by atoms with Crippen molar-refractivity contribution in [3.63, 3.8) is 0 Å². The van der Waals surface area contributed by atoms with Gasteiger partial charge in [0.05, 0.1) is 0 Å². The highest BCUT2D eigenvalue weighted by atomic mass is 16.2. The van der Waals surface area contributed by atoms with E-state index in [9.17, 15) is 4.79 Å². The molecule has 0 saturated carbocycles. The van der Waals surface area contributed by atoms with Gasteiger partial charge < -0.3 is 10.2 Å². The number of nitrogens with zero attached hydrogens (tertiary/aromatic N) is 2. The maximum atomic E-state index is 11.9. The van der Waals surface area contributed by atoms with Crippen LogP contribution >= 0.6 is 0 Å². The Hall–Kier alpha value is -0.610. The molecule has 1 amide bonds. The van der Waals surface area contributed by atoms with E-state index in [1.54, 1.807) is 0 Å². The Labute approximate surface area is 112 Å². The summed E-state index contributed by atoms with van der Waals surface area (Å²) in [5.41, 5.74) is 0. The first-order valence-electron chi connectivity index (χ1n) is 7.45. The summed E-state index contributed by atoms with van der Waals surface area (Å²) in [6.45, 7) is 12.4. The molecule has 0 bridgehead atoms. The Kier molecular flexibility index (Phi) is 7.28. The smallest absolute Gasteiger partial charge is 0.222 e. The number of amides is 1. The molecule has 0 radical (unpaired) electrons. The van der Waals surface area contributed by atoms with E-state index >= 15 is 0 Å². The number of nitrogens with one attached hydrogen (secondary N) is 1. The van der Waals surface area contributed by atoms with Crippen LogP contribution in [-0.4, -0.2) is 61.0 Å².